The molecule has 2 aromatic rings. The van der Waals surface area contributed by atoms with Crippen LogP contribution in [0.25, 0.3) is 0 Å². The van der Waals surface area contributed by atoms with Gasteiger partial charge in [0, 0.05) is 23.5 Å². The Hall–Kier alpha value is -2.15. The van der Waals surface area contributed by atoms with Crippen LogP contribution in [0, 0.1) is 0 Å². The molecule has 0 fully saturated rings. The lowest BCUT2D eigenvalue weighted by atomic mass is 10.3. The van der Waals surface area contributed by atoms with Crippen LogP contribution >= 0.6 is 23.1 Å². The van der Waals surface area contributed by atoms with Crippen molar-refractivity contribution < 1.29 is 22.8 Å². The van der Waals surface area contributed by atoms with Gasteiger partial charge in [-0.25, -0.2) is 9.48 Å². The van der Waals surface area contributed by atoms with Gasteiger partial charge in [0.05, 0.1) is 6.54 Å². The molecule has 142 valence electrons. The standard InChI is InChI=1S/C13H15F3N6O2S2/c14-13(15,16)8-17-11(24)18-10(23)4-7-26-12-19-20-21-22(12)5-3-9-2-1-6-25-9/h1-2,6H,3-5,7-8H2,(H2,17,18,23,24). The van der Waals surface area contributed by atoms with E-state index < -0.39 is 24.7 Å². The topological polar surface area (TPSA) is 102 Å². The Morgan fingerprint density at radius 3 is 2.85 bits per heavy atom. The third-order valence-electron chi connectivity index (χ3n) is 2.91. The molecule has 26 heavy (non-hydrogen) atoms. The monoisotopic (exact) mass is 408 g/mol. The zero-order chi connectivity index (χ0) is 19.0. The van der Waals surface area contributed by atoms with Crippen LogP contribution in [0.5, 0.6) is 0 Å². The SMILES string of the molecule is O=C(CCSc1nnnn1CCc1cccs1)NC(=O)NCC(F)(F)F. The fraction of sp³-hybridized carbons (Fsp3) is 0.462. The molecule has 0 saturated heterocycles. The lowest BCUT2D eigenvalue weighted by Crippen LogP contribution is -2.43. The number of aromatic nitrogens is 4. The van der Waals surface area contributed by atoms with Crippen molar-refractivity contribution in [1.82, 2.24) is 30.8 Å². The summed E-state index contributed by atoms with van der Waals surface area (Å²) in [6, 6.07) is 2.78. The summed E-state index contributed by atoms with van der Waals surface area (Å²) >= 11 is 2.86. The van der Waals surface area contributed by atoms with E-state index in [0.717, 1.165) is 6.42 Å². The van der Waals surface area contributed by atoms with Gasteiger partial charge in [0.25, 0.3) is 0 Å². The number of thioether (sulfide) groups is 1. The first-order valence-corrected chi connectivity index (χ1v) is 9.26. The van der Waals surface area contributed by atoms with Crippen LogP contribution in [0.4, 0.5) is 18.0 Å². The highest BCUT2D eigenvalue weighted by molar-refractivity contribution is 7.99. The quantitative estimate of drug-likeness (QED) is 0.647. The summed E-state index contributed by atoms with van der Waals surface area (Å²) in [6.45, 7) is -0.915. The minimum absolute atomic E-state index is 0.0676. The maximum absolute atomic E-state index is 12.0. The van der Waals surface area contributed by atoms with Crippen LogP contribution in [0.1, 0.15) is 11.3 Å². The first kappa shape index (κ1) is 20.2. The highest BCUT2D eigenvalue weighted by Crippen LogP contribution is 2.16. The van der Waals surface area contributed by atoms with Gasteiger partial charge in [-0.2, -0.15) is 13.2 Å². The molecule has 0 aliphatic rings. The molecular weight excluding hydrogens is 393 g/mol. The number of nitrogens with zero attached hydrogens (tertiary/aromatic N) is 4. The second-order valence-corrected chi connectivity index (χ2v) is 7.05. The van der Waals surface area contributed by atoms with E-state index >= 15 is 0 Å². The number of carbonyl (C=O) groups is 2. The van der Waals surface area contributed by atoms with Crippen molar-refractivity contribution in [3.63, 3.8) is 0 Å². The van der Waals surface area contributed by atoms with E-state index in [1.807, 2.05) is 22.8 Å². The number of hydrogen-bond donors (Lipinski definition) is 2. The molecule has 0 bridgehead atoms. The number of amides is 3. The normalized spacial score (nSPS) is 11.3. The zero-order valence-electron chi connectivity index (χ0n) is 13.3. The minimum Gasteiger partial charge on any atom is -0.329 e. The summed E-state index contributed by atoms with van der Waals surface area (Å²) in [5.41, 5.74) is 0. The average molecular weight is 408 g/mol. The van der Waals surface area contributed by atoms with Crippen molar-refractivity contribution in [3.8, 4) is 0 Å². The molecule has 13 heteroatoms. The predicted octanol–water partition coefficient (Wildman–Crippen LogP) is 1.85. The van der Waals surface area contributed by atoms with Gasteiger partial charge in [-0.05, 0) is 21.9 Å². The highest BCUT2D eigenvalue weighted by atomic mass is 32.2. The van der Waals surface area contributed by atoms with Gasteiger partial charge in [0.2, 0.25) is 11.1 Å². The van der Waals surface area contributed by atoms with Crippen molar-refractivity contribution in [2.45, 2.75) is 30.7 Å². The van der Waals surface area contributed by atoms with Crippen LogP contribution < -0.4 is 10.6 Å². The molecule has 2 aromatic heterocycles. The third kappa shape index (κ3) is 7.39. The fourth-order valence-corrected chi connectivity index (χ4v) is 3.30. The van der Waals surface area contributed by atoms with E-state index in [2.05, 4.69) is 15.5 Å². The molecule has 2 N–H and O–H groups in total. The Kier molecular flexibility index (Phi) is 7.38. The maximum atomic E-state index is 12.0. The van der Waals surface area contributed by atoms with Gasteiger partial charge in [0.15, 0.2) is 0 Å². The number of tetrazole rings is 1. The van der Waals surface area contributed by atoms with E-state index in [-0.39, 0.29) is 12.2 Å². The molecule has 2 heterocycles. The number of alkyl halides is 3. The summed E-state index contributed by atoms with van der Waals surface area (Å²) < 4.78 is 37.5. The van der Waals surface area contributed by atoms with Crippen molar-refractivity contribution in [2.75, 3.05) is 12.3 Å². The van der Waals surface area contributed by atoms with Gasteiger partial charge < -0.3 is 5.32 Å². The first-order valence-electron chi connectivity index (χ1n) is 7.39. The molecule has 2 rings (SSSR count). The molecule has 0 saturated carbocycles. The van der Waals surface area contributed by atoms with Crippen molar-refractivity contribution in [3.05, 3.63) is 22.4 Å². The number of halogens is 3. The fourth-order valence-electron chi connectivity index (χ4n) is 1.76. The average Bonchev–Trinajstić information content (AvgIpc) is 3.21. The summed E-state index contributed by atoms with van der Waals surface area (Å²) in [6.07, 6.45) is -3.82. The maximum Gasteiger partial charge on any atom is 0.405 e. The molecule has 3 amide bonds. The van der Waals surface area contributed by atoms with Gasteiger partial charge in [-0.15, -0.1) is 16.4 Å². The molecule has 0 atom stereocenters. The van der Waals surface area contributed by atoms with Gasteiger partial charge in [0.1, 0.15) is 6.54 Å². The Morgan fingerprint density at radius 2 is 2.15 bits per heavy atom. The third-order valence-corrected chi connectivity index (χ3v) is 4.81. The number of nitrogens with one attached hydrogen (secondary N) is 2. The molecule has 0 radical (unpaired) electrons. The number of carbonyl (C=O) groups excluding carboxylic acids is 2. The van der Waals surface area contributed by atoms with Crippen LogP contribution in [0.15, 0.2) is 22.7 Å². The van der Waals surface area contributed by atoms with Crippen LogP contribution in [0.3, 0.4) is 0 Å². The highest BCUT2D eigenvalue weighted by Gasteiger charge is 2.27. The number of rotatable bonds is 8. The van der Waals surface area contributed by atoms with Crippen LogP contribution in [-0.2, 0) is 17.8 Å². The van der Waals surface area contributed by atoms with E-state index in [9.17, 15) is 22.8 Å². The number of hydrogen-bond acceptors (Lipinski definition) is 7. The molecule has 0 unspecified atom stereocenters. The predicted molar refractivity (Wildman–Crippen MR) is 88.8 cm³/mol. The van der Waals surface area contributed by atoms with Crippen molar-refractivity contribution in [2.24, 2.45) is 0 Å². The Labute approximate surface area is 154 Å². The second-order valence-electron chi connectivity index (χ2n) is 4.96. The second kappa shape index (κ2) is 9.52. The smallest absolute Gasteiger partial charge is 0.329 e. The van der Waals surface area contributed by atoms with E-state index in [0.29, 0.717) is 11.7 Å². The van der Waals surface area contributed by atoms with Crippen LogP contribution in [0.2, 0.25) is 0 Å². The molecule has 0 aliphatic heterocycles. The van der Waals surface area contributed by atoms with Gasteiger partial charge in [-0.3, -0.25) is 10.1 Å². The summed E-state index contributed by atoms with van der Waals surface area (Å²) in [5, 5.41) is 17.2. The number of thiophene rings is 1. The summed E-state index contributed by atoms with van der Waals surface area (Å²) in [5.74, 6) is -0.410. The molecule has 0 aromatic carbocycles. The minimum atomic E-state index is -4.53. The van der Waals surface area contributed by atoms with Crippen molar-refractivity contribution >= 4 is 35.0 Å². The first-order chi connectivity index (χ1) is 12.3. The number of imide groups is 1. The van der Waals surface area contributed by atoms with E-state index in [1.165, 1.54) is 16.6 Å². The van der Waals surface area contributed by atoms with Gasteiger partial charge in [-0.1, -0.05) is 17.8 Å². The van der Waals surface area contributed by atoms with Crippen molar-refractivity contribution in [1.29, 1.82) is 0 Å². The van der Waals surface area contributed by atoms with E-state index in [4.69, 9.17) is 0 Å². The molecule has 8 nitrogen and oxygen atoms in total. The molecule has 0 spiro atoms. The van der Waals surface area contributed by atoms with E-state index in [1.54, 1.807) is 21.3 Å². The number of urea groups is 1. The lowest BCUT2D eigenvalue weighted by molar-refractivity contribution is -0.124. The summed E-state index contributed by atoms with van der Waals surface area (Å²) in [4.78, 5) is 23.9. The zero-order valence-corrected chi connectivity index (χ0v) is 15.0. The number of aryl methyl sites for hydroxylation is 2. The summed E-state index contributed by atoms with van der Waals surface area (Å²) in [7, 11) is 0. The Balaban J connectivity index is 1.68. The molecular formula is C13H15F3N6O2S2. The lowest BCUT2D eigenvalue weighted by Gasteiger charge is -2.09. The Bertz CT molecular complexity index is 720. The Morgan fingerprint density at radius 1 is 1.35 bits per heavy atom. The largest absolute Gasteiger partial charge is 0.405 e. The van der Waals surface area contributed by atoms with Crippen LogP contribution in [-0.4, -0.2) is 50.6 Å². The molecule has 0 aliphatic carbocycles. The van der Waals surface area contributed by atoms with Gasteiger partial charge >= 0.3 is 12.2 Å².